The third-order valence-corrected chi connectivity index (χ3v) is 4.38. The zero-order valence-electron chi connectivity index (χ0n) is 16.1. The molecule has 0 aliphatic carbocycles. The first-order chi connectivity index (χ1) is 14.7. The molecule has 2 aromatic heterocycles. The molecule has 11 heteroatoms. The van der Waals surface area contributed by atoms with E-state index < -0.39 is 17.7 Å². The third kappa shape index (κ3) is 4.49. The molecule has 8 nitrogen and oxygen atoms in total. The molecular weight excluding hydrogens is 417 g/mol. The van der Waals surface area contributed by atoms with Gasteiger partial charge in [0, 0.05) is 6.07 Å². The van der Waals surface area contributed by atoms with E-state index in [1.54, 1.807) is 25.1 Å². The summed E-state index contributed by atoms with van der Waals surface area (Å²) in [6.45, 7) is 1.78. The van der Waals surface area contributed by atoms with Gasteiger partial charge < -0.3 is 14.3 Å². The number of halogens is 3. The van der Waals surface area contributed by atoms with Gasteiger partial charge in [0.15, 0.2) is 5.58 Å². The van der Waals surface area contributed by atoms with E-state index in [1.807, 2.05) is 0 Å². The van der Waals surface area contributed by atoms with Crippen LogP contribution >= 0.6 is 0 Å². The summed E-state index contributed by atoms with van der Waals surface area (Å²) in [5.41, 5.74) is 1.60. The van der Waals surface area contributed by atoms with Crippen molar-refractivity contribution in [3.63, 3.8) is 0 Å². The maximum Gasteiger partial charge on any atom is 0.416 e. The van der Waals surface area contributed by atoms with E-state index in [9.17, 15) is 18.0 Å². The SMILES string of the molecule is Cc1nn(-c2ccc(C(F)(F)F)cc2)nc1COc1ccc2oc(CC(=O)O)nc2c1. The number of benzene rings is 2. The van der Waals surface area contributed by atoms with Crippen LogP contribution in [0.2, 0.25) is 0 Å². The predicted molar refractivity (Wildman–Crippen MR) is 101 cm³/mol. The summed E-state index contributed by atoms with van der Waals surface area (Å²) in [6, 6.07) is 9.40. The van der Waals surface area contributed by atoms with Gasteiger partial charge in [-0.2, -0.15) is 23.1 Å². The summed E-state index contributed by atoms with van der Waals surface area (Å²) in [7, 11) is 0. The van der Waals surface area contributed by atoms with Crippen molar-refractivity contribution in [2.24, 2.45) is 0 Å². The lowest BCUT2D eigenvalue weighted by atomic mass is 10.2. The molecule has 0 amide bonds. The number of alkyl halides is 3. The van der Waals surface area contributed by atoms with E-state index >= 15 is 0 Å². The maximum atomic E-state index is 12.7. The van der Waals surface area contributed by atoms with Crippen LogP contribution in [0.3, 0.4) is 0 Å². The zero-order valence-corrected chi connectivity index (χ0v) is 16.1. The first-order valence-electron chi connectivity index (χ1n) is 9.03. The topological polar surface area (TPSA) is 103 Å². The van der Waals surface area contributed by atoms with E-state index in [0.29, 0.717) is 33.9 Å². The number of ether oxygens (including phenoxy) is 1. The largest absolute Gasteiger partial charge is 0.487 e. The molecule has 0 saturated heterocycles. The Bertz CT molecular complexity index is 1250. The van der Waals surface area contributed by atoms with Crippen molar-refractivity contribution in [1.29, 1.82) is 0 Å². The van der Waals surface area contributed by atoms with Crippen LogP contribution in [-0.2, 0) is 24.0 Å². The monoisotopic (exact) mass is 432 g/mol. The Kier molecular flexibility index (Phi) is 5.09. The van der Waals surface area contributed by atoms with Crippen LogP contribution in [0.5, 0.6) is 5.75 Å². The highest BCUT2D eigenvalue weighted by Gasteiger charge is 2.30. The van der Waals surface area contributed by atoms with Crippen LogP contribution < -0.4 is 4.74 Å². The highest BCUT2D eigenvalue weighted by molar-refractivity contribution is 5.76. The molecule has 31 heavy (non-hydrogen) atoms. The molecule has 1 N–H and O–H groups in total. The lowest BCUT2D eigenvalue weighted by molar-refractivity contribution is -0.138. The fourth-order valence-corrected chi connectivity index (χ4v) is 2.84. The van der Waals surface area contributed by atoms with Crippen LogP contribution in [-0.4, -0.2) is 31.1 Å². The minimum Gasteiger partial charge on any atom is -0.487 e. The quantitative estimate of drug-likeness (QED) is 0.492. The number of rotatable bonds is 6. The highest BCUT2D eigenvalue weighted by atomic mass is 19.4. The fourth-order valence-electron chi connectivity index (χ4n) is 2.84. The van der Waals surface area contributed by atoms with Gasteiger partial charge in [-0.1, -0.05) is 0 Å². The number of oxazole rings is 1. The molecule has 0 saturated carbocycles. The highest BCUT2D eigenvalue weighted by Crippen LogP contribution is 2.29. The molecule has 160 valence electrons. The normalized spacial score (nSPS) is 11.7. The molecule has 0 spiro atoms. The van der Waals surface area contributed by atoms with E-state index in [1.165, 1.54) is 16.9 Å². The van der Waals surface area contributed by atoms with E-state index in [4.69, 9.17) is 14.3 Å². The summed E-state index contributed by atoms with van der Waals surface area (Å²) in [6.07, 6.45) is -4.73. The Labute approximate surface area is 172 Å². The minimum absolute atomic E-state index is 0.0673. The van der Waals surface area contributed by atoms with Crippen LogP contribution in [0.25, 0.3) is 16.8 Å². The van der Waals surface area contributed by atoms with Crippen LogP contribution in [0.15, 0.2) is 46.9 Å². The smallest absolute Gasteiger partial charge is 0.416 e. The Balaban J connectivity index is 1.48. The minimum atomic E-state index is -4.41. The second kappa shape index (κ2) is 7.74. The summed E-state index contributed by atoms with van der Waals surface area (Å²) in [5.74, 6) is -0.490. The lowest BCUT2D eigenvalue weighted by Crippen LogP contribution is -2.06. The molecule has 0 radical (unpaired) electrons. The number of aliphatic carboxylic acids is 1. The number of aryl methyl sites for hydroxylation is 1. The Morgan fingerprint density at radius 2 is 1.90 bits per heavy atom. The summed E-state index contributed by atoms with van der Waals surface area (Å²) in [5, 5.41) is 17.3. The van der Waals surface area contributed by atoms with E-state index in [0.717, 1.165) is 12.1 Å². The van der Waals surface area contributed by atoms with E-state index in [2.05, 4.69) is 15.2 Å². The van der Waals surface area contributed by atoms with Gasteiger partial charge in [-0.05, 0) is 43.3 Å². The summed E-state index contributed by atoms with van der Waals surface area (Å²) < 4.78 is 49.2. The third-order valence-electron chi connectivity index (χ3n) is 4.38. The lowest BCUT2D eigenvalue weighted by Gasteiger charge is -2.07. The summed E-state index contributed by atoms with van der Waals surface area (Å²) >= 11 is 0. The van der Waals surface area contributed by atoms with Gasteiger partial charge in [0.2, 0.25) is 5.89 Å². The number of fused-ring (bicyclic) bond motifs is 1. The van der Waals surface area contributed by atoms with Gasteiger partial charge in [0.1, 0.15) is 30.0 Å². The molecule has 4 aromatic rings. The summed E-state index contributed by atoms with van der Waals surface area (Å²) in [4.78, 5) is 16.1. The van der Waals surface area contributed by atoms with E-state index in [-0.39, 0.29) is 18.9 Å². The molecule has 0 atom stereocenters. The van der Waals surface area contributed by atoms with Gasteiger partial charge in [-0.25, -0.2) is 4.98 Å². The number of hydrogen-bond acceptors (Lipinski definition) is 6. The molecule has 0 fully saturated rings. The molecule has 0 aliphatic heterocycles. The Morgan fingerprint density at radius 1 is 1.16 bits per heavy atom. The first kappa shape index (κ1) is 20.4. The van der Waals surface area contributed by atoms with Crippen molar-refractivity contribution in [3.8, 4) is 11.4 Å². The van der Waals surface area contributed by atoms with Crippen molar-refractivity contribution in [2.45, 2.75) is 26.1 Å². The predicted octanol–water partition coefficient (Wildman–Crippen LogP) is 3.94. The number of hydrogen-bond donors (Lipinski definition) is 1. The zero-order chi connectivity index (χ0) is 22.2. The van der Waals surface area contributed by atoms with Crippen molar-refractivity contribution in [1.82, 2.24) is 20.0 Å². The molecule has 0 aliphatic rings. The van der Waals surface area contributed by atoms with Crippen molar-refractivity contribution in [3.05, 3.63) is 65.3 Å². The Morgan fingerprint density at radius 3 is 2.58 bits per heavy atom. The van der Waals surface area contributed by atoms with Gasteiger partial charge in [-0.15, -0.1) is 5.10 Å². The number of carboxylic acid groups (broad SMARTS) is 1. The number of carboxylic acids is 1. The molecule has 2 aromatic carbocycles. The van der Waals surface area contributed by atoms with Crippen molar-refractivity contribution < 1.29 is 32.2 Å². The average Bonchev–Trinajstić information content (AvgIpc) is 3.27. The standard InChI is InChI=1S/C20H15F3N4O4/c1-11-16(26-27(25-11)13-4-2-12(3-5-13)20(21,22)23)10-30-14-6-7-17-15(8-14)24-18(31-17)9-19(28)29/h2-8H,9-10H2,1H3,(H,28,29). The van der Waals surface area contributed by atoms with Gasteiger partial charge in [-0.3, -0.25) is 4.79 Å². The van der Waals surface area contributed by atoms with Crippen molar-refractivity contribution in [2.75, 3.05) is 0 Å². The number of aromatic nitrogens is 4. The van der Waals surface area contributed by atoms with Crippen molar-refractivity contribution >= 4 is 17.1 Å². The number of nitrogens with zero attached hydrogens (tertiary/aromatic N) is 4. The van der Waals surface area contributed by atoms with Gasteiger partial charge in [0.25, 0.3) is 0 Å². The molecule has 2 heterocycles. The Hall–Kier alpha value is -3.89. The molecule has 4 rings (SSSR count). The van der Waals surface area contributed by atoms with Crippen LogP contribution in [0.4, 0.5) is 13.2 Å². The number of carbonyl (C=O) groups is 1. The second-order valence-corrected chi connectivity index (χ2v) is 6.66. The first-order valence-corrected chi connectivity index (χ1v) is 9.03. The fraction of sp³-hybridized carbons (Fsp3) is 0.200. The van der Waals surface area contributed by atoms with Gasteiger partial charge in [0.05, 0.1) is 16.9 Å². The molecule has 0 unspecified atom stereocenters. The maximum absolute atomic E-state index is 12.7. The van der Waals surface area contributed by atoms with Crippen LogP contribution in [0, 0.1) is 6.92 Å². The molecule has 0 bridgehead atoms. The molecular formula is C20H15F3N4O4. The average molecular weight is 432 g/mol. The van der Waals surface area contributed by atoms with Crippen LogP contribution in [0.1, 0.15) is 22.8 Å². The van der Waals surface area contributed by atoms with Gasteiger partial charge >= 0.3 is 12.1 Å². The second-order valence-electron chi connectivity index (χ2n) is 6.66.